The highest BCUT2D eigenvalue weighted by Crippen LogP contribution is 2.21. The van der Waals surface area contributed by atoms with Gasteiger partial charge in [-0.15, -0.1) is 0 Å². The first-order valence-electron chi connectivity index (χ1n) is 10.4. The Kier molecular flexibility index (Phi) is 8.14. The number of amides is 1. The van der Waals surface area contributed by atoms with Gasteiger partial charge in [0.25, 0.3) is 0 Å². The lowest BCUT2D eigenvalue weighted by atomic mass is 10.1. The molecule has 3 rings (SSSR count). The number of rotatable bonds is 11. The first-order chi connectivity index (χ1) is 15.1. The zero-order valence-electron chi connectivity index (χ0n) is 17.9. The maximum atomic E-state index is 12.0. The number of hydrogen-bond donors (Lipinski definition) is 2. The Labute approximate surface area is 182 Å². The predicted octanol–water partition coefficient (Wildman–Crippen LogP) is 2.13. The first-order valence-corrected chi connectivity index (χ1v) is 10.4. The van der Waals surface area contributed by atoms with E-state index in [0.29, 0.717) is 26.2 Å². The zero-order chi connectivity index (χ0) is 22.1. The van der Waals surface area contributed by atoms with Crippen LogP contribution in [0.1, 0.15) is 18.6 Å². The summed E-state index contributed by atoms with van der Waals surface area (Å²) in [7, 11) is 1.78. The van der Waals surface area contributed by atoms with Crippen LogP contribution >= 0.6 is 0 Å². The van der Waals surface area contributed by atoms with Gasteiger partial charge in [-0.3, -0.25) is 14.5 Å². The summed E-state index contributed by atoms with van der Waals surface area (Å²) in [6, 6.07) is 13.2. The fourth-order valence-electron chi connectivity index (χ4n) is 2.93. The van der Waals surface area contributed by atoms with Crippen molar-refractivity contribution in [2.24, 2.45) is 0 Å². The number of nitrogens with zero attached hydrogens (tertiary/aromatic N) is 4. The van der Waals surface area contributed by atoms with Crippen LogP contribution in [0.3, 0.4) is 0 Å². The number of aromatic nitrogens is 3. The van der Waals surface area contributed by atoms with Crippen LogP contribution in [0.5, 0.6) is 5.75 Å². The Bertz CT molecular complexity index is 943. The van der Waals surface area contributed by atoms with Crippen molar-refractivity contribution in [2.75, 3.05) is 33.3 Å². The molecule has 0 saturated carbocycles. The van der Waals surface area contributed by atoms with E-state index in [9.17, 15) is 9.90 Å². The lowest BCUT2D eigenvalue weighted by Crippen LogP contribution is -2.30. The molecule has 8 nitrogen and oxygen atoms in total. The normalized spacial score (nSPS) is 11.8. The Morgan fingerprint density at radius 2 is 2.06 bits per heavy atom. The topological polar surface area (TPSA) is 92.5 Å². The SMILES string of the molecule is CCN(C)C(=O)Cn1ccc(-c2ccc(OCCNC[C@H](O)c3cccnc3)cc2)n1. The lowest BCUT2D eigenvalue weighted by molar-refractivity contribution is -0.130. The van der Waals surface area contributed by atoms with E-state index >= 15 is 0 Å². The number of hydrogen-bond acceptors (Lipinski definition) is 6. The number of carbonyl (C=O) groups excluding carboxylic acids is 1. The molecule has 1 aromatic carbocycles. The molecule has 0 aliphatic heterocycles. The van der Waals surface area contributed by atoms with E-state index in [1.54, 1.807) is 35.1 Å². The van der Waals surface area contributed by atoms with Crippen molar-refractivity contribution in [3.8, 4) is 17.0 Å². The summed E-state index contributed by atoms with van der Waals surface area (Å²) < 4.78 is 7.40. The first kappa shape index (κ1) is 22.5. The van der Waals surface area contributed by atoms with Gasteiger partial charge in [0.15, 0.2) is 0 Å². The molecule has 0 radical (unpaired) electrons. The van der Waals surface area contributed by atoms with Crippen molar-refractivity contribution < 1.29 is 14.6 Å². The summed E-state index contributed by atoms with van der Waals surface area (Å²) in [5, 5.41) is 17.8. The van der Waals surface area contributed by atoms with Crippen LogP contribution in [0, 0.1) is 0 Å². The molecule has 8 heteroatoms. The minimum absolute atomic E-state index is 0.0301. The van der Waals surface area contributed by atoms with Gasteiger partial charge in [0, 0.05) is 56.4 Å². The smallest absolute Gasteiger partial charge is 0.244 e. The number of aliphatic hydroxyl groups is 1. The highest BCUT2D eigenvalue weighted by molar-refractivity contribution is 5.75. The number of nitrogens with one attached hydrogen (secondary N) is 1. The molecule has 0 unspecified atom stereocenters. The van der Waals surface area contributed by atoms with Crippen molar-refractivity contribution in [3.63, 3.8) is 0 Å². The van der Waals surface area contributed by atoms with Gasteiger partial charge in [0.05, 0.1) is 11.8 Å². The Balaban J connectivity index is 1.42. The third-order valence-electron chi connectivity index (χ3n) is 4.94. The summed E-state index contributed by atoms with van der Waals surface area (Å²) in [5.74, 6) is 0.792. The van der Waals surface area contributed by atoms with Gasteiger partial charge in [0.2, 0.25) is 5.91 Å². The molecule has 1 atom stereocenters. The number of benzene rings is 1. The van der Waals surface area contributed by atoms with Crippen LogP contribution in [-0.4, -0.2) is 64.0 Å². The minimum Gasteiger partial charge on any atom is -0.492 e. The van der Waals surface area contributed by atoms with Gasteiger partial charge in [0.1, 0.15) is 18.9 Å². The van der Waals surface area contributed by atoms with Crippen LogP contribution in [0.15, 0.2) is 61.1 Å². The molecule has 3 aromatic rings. The van der Waals surface area contributed by atoms with Crippen molar-refractivity contribution >= 4 is 5.91 Å². The third-order valence-corrected chi connectivity index (χ3v) is 4.94. The van der Waals surface area contributed by atoms with Crippen molar-refractivity contribution in [1.82, 2.24) is 25.0 Å². The summed E-state index contributed by atoms with van der Waals surface area (Å²) >= 11 is 0. The quantitative estimate of drug-likeness (QED) is 0.459. The summed E-state index contributed by atoms with van der Waals surface area (Å²) in [4.78, 5) is 17.7. The molecule has 0 saturated heterocycles. The second-order valence-corrected chi connectivity index (χ2v) is 7.19. The van der Waals surface area contributed by atoms with Gasteiger partial charge >= 0.3 is 0 Å². The molecule has 164 valence electrons. The van der Waals surface area contributed by atoms with E-state index < -0.39 is 6.10 Å². The summed E-state index contributed by atoms with van der Waals surface area (Å²) in [5.41, 5.74) is 2.56. The highest BCUT2D eigenvalue weighted by Gasteiger charge is 2.10. The van der Waals surface area contributed by atoms with E-state index in [0.717, 1.165) is 22.6 Å². The van der Waals surface area contributed by atoms with Gasteiger partial charge < -0.3 is 20.1 Å². The van der Waals surface area contributed by atoms with E-state index in [2.05, 4.69) is 15.4 Å². The molecule has 0 spiro atoms. The molecule has 0 fully saturated rings. The van der Waals surface area contributed by atoms with Gasteiger partial charge in [-0.1, -0.05) is 6.07 Å². The molecule has 2 heterocycles. The van der Waals surface area contributed by atoms with Crippen LogP contribution < -0.4 is 10.1 Å². The Hall–Kier alpha value is -3.23. The van der Waals surface area contributed by atoms with Crippen molar-refractivity contribution in [2.45, 2.75) is 19.6 Å². The fourth-order valence-corrected chi connectivity index (χ4v) is 2.93. The monoisotopic (exact) mass is 423 g/mol. The summed E-state index contributed by atoms with van der Waals surface area (Å²) in [6.45, 7) is 4.39. The number of likely N-dealkylation sites (N-methyl/N-ethyl adjacent to an activating group) is 1. The fraction of sp³-hybridized carbons (Fsp3) is 0.348. The summed E-state index contributed by atoms with van der Waals surface area (Å²) in [6.07, 6.45) is 4.56. The second-order valence-electron chi connectivity index (χ2n) is 7.19. The predicted molar refractivity (Wildman–Crippen MR) is 119 cm³/mol. The van der Waals surface area contributed by atoms with Gasteiger partial charge in [-0.25, -0.2) is 0 Å². The maximum Gasteiger partial charge on any atom is 0.244 e. The Morgan fingerprint density at radius 3 is 2.77 bits per heavy atom. The van der Waals surface area contributed by atoms with Gasteiger partial charge in [-0.05, 0) is 43.3 Å². The lowest BCUT2D eigenvalue weighted by Gasteiger charge is -2.13. The van der Waals surface area contributed by atoms with Crippen LogP contribution in [-0.2, 0) is 11.3 Å². The van der Waals surface area contributed by atoms with Crippen molar-refractivity contribution in [3.05, 3.63) is 66.6 Å². The molecule has 0 aliphatic rings. The van der Waals surface area contributed by atoms with E-state index in [1.165, 1.54) is 0 Å². The molecule has 1 amide bonds. The Morgan fingerprint density at radius 1 is 1.26 bits per heavy atom. The maximum absolute atomic E-state index is 12.0. The van der Waals surface area contributed by atoms with E-state index in [4.69, 9.17) is 4.74 Å². The second kappa shape index (κ2) is 11.2. The molecule has 31 heavy (non-hydrogen) atoms. The number of carbonyl (C=O) groups is 1. The molecule has 2 N–H and O–H groups in total. The van der Waals surface area contributed by atoms with Crippen LogP contribution in [0.4, 0.5) is 0 Å². The van der Waals surface area contributed by atoms with Gasteiger partial charge in [-0.2, -0.15) is 5.10 Å². The largest absolute Gasteiger partial charge is 0.492 e. The molecular weight excluding hydrogens is 394 g/mol. The molecule has 0 bridgehead atoms. The molecule has 0 aliphatic carbocycles. The molecule has 2 aromatic heterocycles. The molecular formula is C23H29N5O3. The van der Waals surface area contributed by atoms with Crippen LogP contribution in [0.25, 0.3) is 11.3 Å². The number of pyridine rings is 1. The van der Waals surface area contributed by atoms with Crippen molar-refractivity contribution in [1.29, 1.82) is 0 Å². The average Bonchev–Trinajstić information content (AvgIpc) is 3.27. The minimum atomic E-state index is -0.592. The number of ether oxygens (including phenoxy) is 1. The zero-order valence-corrected chi connectivity index (χ0v) is 17.9. The average molecular weight is 424 g/mol. The highest BCUT2D eigenvalue weighted by atomic mass is 16.5. The number of aliphatic hydroxyl groups excluding tert-OH is 1. The van der Waals surface area contributed by atoms with Crippen LogP contribution in [0.2, 0.25) is 0 Å². The van der Waals surface area contributed by atoms with E-state index in [1.807, 2.05) is 49.5 Å². The van der Waals surface area contributed by atoms with E-state index in [-0.39, 0.29) is 12.5 Å². The third kappa shape index (κ3) is 6.63. The standard InChI is InChI=1S/C23H29N5O3/c1-3-27(2)23(30)17-28-13-10-21(26-28)18-6-8-20(9-7-18)31-14-12-25-16-22(29)19-5-4-11-24-15-19/h4-11,13,15,22,25,29H,3,12,14,16-17H2,1-2H3/t22-/m0/s1.